The fourth-order valence-electron chi connectivity index (χ4n) is 2.63. The summed E-state index contributed by atoms with van der Waals surface area (Å²) in [5.74, 6) is 4.81. The number of para-hydroxylation sites is 1. The number of benzene rings is 2. The van der Waals surface area contributed by atoms with E-state index in [2.05, 4.69) is 26.3 Å². The Kier molecular flexibility index (Phi) is 2.57. The minimum atomic E-state index is -0.373. The van der Waals surface area contributed by atoms with Crippen molar-refractivity contribution in [1.82, 2.24) is 10.4 Å². The van der Waals surface area contributed by atoms with Crippen molar-refractivity contribution in [2.24, 2.45) is 5.84 Å². The summed E-state index contributed by atoms with van der Waals surface area (Å²) < 4.78 is 6.81. The Bertz CT molecular complexity index is 1020. The standard InChI is InChI=1S/C15H10BrN3O2/c16-10-5-8-7-3-1-2-4-12(7)21-14(8)9-6-11(15(20)19-17)18-13(9)10/h1-6,18H,17H2,(H,19,20). The molecular formula is C15H10BrN3O2. The van der Waals surface area contributed by atoms with E-state index in [9.17, 15) is 4.79 Å². The summed E-state index contributed by atoms with van der Waals surface area (Å²) in [6.45, 7) is 0. The number of nitrogens with one attached hydrogen (secondary N) is 2. The van der Waals surface area contributed by atoms with Gasteiger partial charge in [0.15, 0.2) is 0 Å². The van der Waals surface area contributed by atoms with Gasteiger partial charge in [0.25, 0.3) is 5.91 Å². The van der Waals surface area contributed by atoms with Gasteiger partial charge < -0.3 is 9.40 Å². The van der Waals surface area contributed by atoms with Gasteiger partial charge in [0.2, 0.25) is 0 Å². The zero-order chi connectivity index (χ0) is 14.6. The first-order chi connectivity index (χ1) is 10.2. The zero-order valence-electron chi connectivity index (χ0n) is 10.7. The molecule has 0 saturated heterocycles. The van der Waals surface area contributed by atoms with Crippen LogP contribution in [0.15, 0.2) is 45.3 Å². The van der Waals surface area contributed by atoms with Gasteiger partial charge in [0, 0.05) is 20.6 Å². The zero-order valence-corrected chi connectivity index (χ0v) is 12.3. The molecule has 21 heavy (non-hydrogen) atoms. The second kappa shape index (κ2) is 4.34. The van der Waals surface area contributed by atoms with Crippen LogP contribution in [0, 0.1) is 0 Å². The van der Waals surface area contributed by atoms with E-state index in [0.717, 1.165) is 37.3 Å². The maximum absolute atomic E-state index is 11.7. The Hall–Kier alpha value is -2.31. The number of rotatable bonds is 1. The highest BCUT2D eigenvalue weighted by Crippen LogP contribution is 2.37. The molecule has 0 saturated carbocycles. The number of nitrogens with two attached hydrogens (primary N) is 1. The molecule has 2 aromatic heterocycles. The molecule has 5 nitrogen and oxygen atoms in total. The van der Waals surface area contributed by atoms with Crippen LogP contribution in [-0.2, 0) is 0 Å². The summed E-state index contributed by atoms with van der Waals surface area (Å²) in [4.78, 5) is 14.7. The second-order valence-electron chi connectivity index (χ2n) is 4.78. The van der Waals surface area contributed by atoms with Crippen molar-refractivity contribution in [2.75, 3.05) is 0 Å². The molecule has 0 spiro atoms. The van der Waals surface area contributed by atoms with Crippen LogP contribution in [0.3, 0.4) is 0 Å². The van der Waals surface area contributed by atoms with Gasteiger partial charge in [-0.05, 0) is 34.1 Å². The number of hydrogen-bond donors (Lipinski definition) is 3. The first-order valence-corrected chi connectivity index (χ1v) is 7.12. The van der Waals surface area contributed by atoms with E-state index in [1.807, 2.05) is 30.3 Å². The molecule has 0 aliphatic heterocycles. The Morgan fingerprint density at radius 2 is 2.00 bits per heavy atom. The first-order valence-electron chi connectivity index (χ1n) is 6.32. The summed E-state index contributed by atoms with van der Waals surface area (Å²) in [5, 5.41) is 2.89. The fourth-order valence-corrected chi connectivity index (χ4v) is 3.17. The number of aromatic nitrogens is 1. The molecule has 0 unspecified atom stereocenters. The van der Waals surface area contributed by atoms with Crippen molar-refractivity contribution in [3.8, 4) is 0 Å². The number of amides is 1. The molecule has 0 radical (unpaired) electrons. The van der Waals surface area contributed by atoms with Crippen LogP contribution in [0.4, 0.5) is 0 Å². The lowest BCUT2D eigenvalue weighted by molar-refractivity contribution is 0.0949. The third-order valence-corrected chi connectivity index (χ3v) is 4.21. The molecule has 4 N–H and O–H groups in total. The Morgan fingerprint density at radius 1 is 1.19 bits per heavy atom. The lowest BCUT2D eigenvalue weighted by Crippen LogP contribution is -2.30. The molecule has 6 heteroatoms. The first kappa shape index (κ1) is 12.4. The number of aromatic amines is 1. The number of carbonyl (C=O) groups is 1. The molecule has 0 atom stereocenters. The second-order valence-corrected chi connectivity index (χ2v) is 5.63. The maximum atomic E-state index is 11.7. The van der Waals surface area contributed by atoms with Crippen LogP contribution in [0.1, 0.15) is 10.5 Å². The van der Waals surface area contributed by atoms with Gasteiger partial charge in [-0.1, -0.05) is 18.2 Å². The van der Waals surface area contributed by atoms with Crippen molar-refractivity contribution in [1.29, 1.82) is 0 Å². The van der Waals surface area contributed by atoms with E-state index < -0.39 is 0 Å². The lowest BCUT2D eigenvalue weighted by atomic mass is 10.1. The van der Waals surface area contributed by atoms with Crippen LogP contribution in [0.25, 0.3) is 32.8 Å². The van der Waals surface area contributed by atoms with E-state index in [0.29, 0.717) is 5.69 Å². The fraction of sp³-hybridized carbons (Fsp3) is 0. The summed E-state index contributed by atoms with van der Waals surface area (Å²) in [6, 6.07) is 11.6. The van der Waals surface area contributed by atoms with Gasteiger partial charge >= 0.3 is 0 Å². The third-order valence-electron chi connectivity index (χ3n) is 3.58. The lowest BCUT2D eigenvalue weighted by Gasteiger charge is -1.96. The normalized spacial score (nSPS) is 11.5. The largest absolute Gasteiger partial charge is 0.455 e. The molecule has 0 aliphatic carbocycles. The predicted octanol–water partition coefficient (Wildman–Crippen LogP) is 3.43. The minimum Gasteiger partial charge on any atom is -0.455 e. The average Bonchev–Trinajstić information content (AvgIpc) is 3.09. The molecular weight excluding hydrogens is 334 g/mol. The Labute approximate surface area is 127 Å². The number of H-pyrrole nitrogens is 1. The van der Waals surface area contributed by atoms with Crippen LogP contribution >= 0.6 is 15.9 Å². The van der Waals surface area contributed by atoms with Crippen LogP contribution in [-0.4, -0.2) is 10.9 Å². The number of fused-ring (bicyclic) bond motifs is 5. The Morgan fingerprint density at radius 3 is 2.81 bits per heavy atom. The van der Waals surface area contributed by atoms with Gasteiger partial charge in [-0.25, -0.2) is 5.84 Å². The predicted molar refractivity (Wildman–Crippen MR) is 84.9 cm³/mol. The van der Waals surface area contributed by atoms with E-state index in [1.54, 1.807) is 6.07 Å². The smallest absolute Gasteiger partial charge is 0.281 e. The maximum Gasteiger partial charge on any atom is 0.281 e. The highest BCUT2D eigenvalue weighted by atomic mass is 79.9. The molecule has 1 amide bonds. The van der Waals surface area contributed by atoms with Crippen molar-refractivity contribution in [3.63, 3.8) is 0 Å². The van der Waals surface area contributed by atoms with Gasteiger partial charge in [-0.15, -0.1) is 0 Å². The molecule has 104 valence electrons. The van der Waals surface area contributed by atoms with Gasteiger partial charge in [0.1, 0.15) is 16.9 Å². The van der Waals surface area contributed by atoms with Crippen molar-refractivity contribution < 1.29 is 9.21 Å². The molecule has 4 rings (SSSR count). The summed E-state index contributed by atoms with van der Waals surface area (Å²) >= 11 is 3.54. The number of carbonyl (C=O) groups excluding carboxylic acids is 1. The highest BCUT2D eigenvalue weighted by molar-refractivity contribution is 9.10. The van der Waals surface area contributed by atoms with E-state index in [-0.39, 0.29) is 5.91 Å². The molecule has 0 aliphatic rings. The highest BCUT2D eigenvalue weighted by Gasteiger charge is 2.16. The van der Waals surface area contributed by atoms with Gasteiger partial charge in [-0.2, -0.15) is 0 Å². The number of halogens is 1. The van der Waals surface area contributed by atoms with E-state index in [4.69, 9.17) is 10.3 Å². The van der Waals surface area contributed by atoms with E-state index >= 15 is 0 Å². The number of furan rings is 1. The van der Waals surface area contributed by atoms with Crippen molar-refractivity contribution >= 4 is 54.7 Å². The molecule has 4 aromatic rings. The number of hydrogen-bond acceptors (Lipinski definition) is 3. The third kappa shape index (κ3) is 1.69. The van der Waals surface area contributed by atoms with Crippen molar-refractivity contribution in [3.05, 3.63) is 46.6 Å². The van der Waals surface area contributed by atoms with Crippen LogP contribution < -0.4 is 11.3 Å². The van der Waals surface area contributed by atoms with E-state index in [1.165, 1.54) is 0 Å². The minimum absolute atomic E-state index is 0.373. The monoisotopic (exact) mass is 343 g/mol. The summed E-state index contributed by atoms with van der Waals surface area (Å²) in [7, 11) is 0. The number of nitrogen functional groups attached to an aromatic ring is 1. The van der Waals surface area contributed by atoms with Gasteiger partial charge in [-0.3, -0.25) is 10.2 Å². The average molecular weight is 344 g/mol. The topological polar surface area (TPSA) is 84.0 Å². The van der Waals surface area contributed by atoms with Crippen LogP contribution in [0.2, 0.25) is 0 Å². The molecule has 2 heterocycles. The molecule has 2 aromatic carbocycles. The molecule has 0 bridgehead atoms. The van der Waals surface area contributed by atoms with Gasteiger partial charge in [0.05, 0.1) is 5.52 Å². The SMILES string of the molecule is NNC(=O)c1cc2c([nH]1)c(Br)cc1c3ccccc3oc21. The quantitative estimate of drug-likeness (QED) is 0.281. The summed E-state index contributed by atoms with van der Waals surface area (Å²) in [5.41, 5.74) is 4.89. The van der Waals surface area contributed by atoms with Crippen molar-refractivity contribution in [2.45, 2.75) is 0 Å². The Balaban J connectivity index is 2.17. The number of hydrazine groups is 1. The van der Waals surface area contributed by atoms with Crippen LogP contribution in [0.5, 0.6) is 0 Å². The summed E-state index contributed by atoms with van der Waals surface area (Å²) in [6.07, 6.45) is 0. The molecule has 0 fully saturated rings.